The third-order valence-corrected chi connectivity index (χ3v) is 3.61. The van der Waals surface area contributed by atoms with E-state index in [2.05, 4.69) is 4.74 Å². The number of halogens is 1. The number of ether oxygens (including phenoxy) is 2. The zero-order valence-electron chi connectivity index (χ0n) is 12.3. The minimum absolute atomic E-state index is 0.190. The molecule has 0 N–H and O–H groups in total. The zero-order valence-corrected chi connectivity index (χ0v) is 12.3. The maximum Gasteiger partial charge on any atom is 0.421 e. The number of amides is 1. The third-order valence-electron chi connectivity index (χ3n) is 3.61. The molecule has 3 rings (SSSR count). The molecule has 1 fully saturated rings. The first kappa shape index (κ1) is 15.7. The Morgan fingerprint density at radius 3 is 2.38 bits per heavy atom. The lowest BCUT2D eigenvalue weighted by molar-refractivity contribution is -0.145. The van der Waals surface area contributed by atoms with E-state index in [0.717, 1.165) is 4.90 Å². The second-order valence-electron chi connectivity index (χ2n) is 5.04. The van der Waals surface area contributed by atoms with Gasteiger partial charge in [-0.1, -0.05) is 42.5 Å². The van der Waals surface area contributed by atoms with Gasteiger partial charge in [0.25, 0.3) is 6.47 Å². The van der Waals surface area contributed by atoms with Crippen LogP contribution >= 0.6 is 0 Å². The van der Waals surface area contributed by atoms with Gasteiger partial charge in [-0.2, -0.15) is 0 Å². The third kappa shape index (κ3) is 2.83. The van der Waals surface area contributed by atoms with Crippen LogP contribution in [0, 0.1) is 5.82 Å². The predicted molar refractivity (Wildman–Crippen MR) is 78.8 cm³/mol. The minimum Gasteiger partial charge on any atom is -0.439 e. The summed E-state index contributed by atoms with van der Waals surface area (Å²) in [6.07, 6.45) is -2.08. The van der Waals surface area contributed by atoms with Gasteiger partial charge in [0, 0.05) is 5.56 Å². The largest absolute Gasteiger partial charge is 0.439 e. The topological polar surface area (TPSA) is 72.9 Å². The molecule has 1 aliphatic heterocycles. The highest BCUT2D eigenvalue weighted by molar-refractivity contribution is 5.96. The average Bonchev–Trinajstić information content (AvgIpc) is 2.88. The fourth-order valence-electron chi connectivity index (χ4n) is 2.56. The summed E-state index contributed by atoms with van der Waals surface area (Å²) >= 11 is 0. The molecular formula is C17H12FNO5. The number of rotatable bonds is 5. The van der Waals surface area contributed by atoms with Crippen molar-refractivity contribution in [2.24, 2.45) is 0 Å². The highest BCUT2D eigenvalue weighted by Gasteiger charge is 2.47. The number of carbonyl (C=O) groups is 3. The number of esters is 1. The van der Waals surface area contributed by atoms with Crippen LogP contribution in [0.4, 0.5) is 9.18 Å². The molecule has 2 unspecified atom stereocenters. The first-order chi connectivity index (χ1) is 11.6. The summed E-state index contributed by atoms with van der Waals surface area (Å²) in [5, 5.41) is 0. The van der Waals surface area contributed by atoms with Crippen LogP contribution in [-0.4, -0.2) is 23.4 Å². The standard InChI is InChI=1S/C17H12FNO5/c18-13-8-6-11(7-9-13)14-16(21)24-17(22)19(14)15(23-10-20)12-4-2-1-3-5-12/h1-10,14-15H. The van der Waals surface area contributed by atoms with Crippen molar-refractivity contribution in [2.45, 2.75) is 12.3 Å². The van der Waals surface area contributed by atoms with E-state index in [-0.39, 0.29) is 6.47 Å². The van der Waals surface area contributed by atoms with E-state index >= 15 is 0 Å². The summed E-state index contributed by atoms with van der Waals surface area (Å²) in [5.41, 5.74) is 0.839. The Balaban J connectivity index is 2.03. The Morgan fingerprint density at radius 2 is 1.75 bits per heavy atom. The molecule has 0 aliphatic carbocycles. The number of benzene rings is 2. The maximum atomic E-state index is 13.1. The molecule has 1 heterocycles. The Bertz CT molecular complexity index is 762. The molecule has 1 amide bonds. The lowest BCUT2D eigenvalue weighted by Crippen LogP contribution is -2.34. The van der Waals surface area contributed by atoms with Gasteiger partial charge in [-0.3, -0.25) is 4.79 Å². The van der Waals surface area contributed by atoms with Crippen LogP contribution in [0.1, 0.15) is 23.4 Å². The van der Waals surface area contributed by atoms with Gasteiger partial charge in [0.1, 0.15) is 5.82 Å². The van der Waals surface area contributed by atoms with E-state index in [4.69, 9.17) is 4.74 Å². The second-order valence-corrected chi connectivity index (χ2v) is 5.04. The highest BCUT2D eigenvalue weighted by atomic mass is 19.1. The molecule has 6 nitrogen and oxygen atoms in total. The van der Waals surface area contributed by atoms with Crippen LogP contribution < -0.4 is 0 Å². The normalized spacial score (nSPS) is 18.2. The van der Waals surface area contributed by atoms with E-state index in [1.807, 2.05) is 0 Å². The smallest absolute Gasteiger partial charge is 0.421 e. The molecule has 2 aromatic carbocycles. The fourth-order valence-corrected chi connectivity index (χ4v) is 2.56. The Hall–Kier alpha value is -3.22. The molecular weight excluding hydrogens is 317 g/mol. The van der Waals surface area contributed by atoms with Gasteiger partial charge in [-0.15, -0.1) is 0 Å². The number of carbonyl (C=O) groups excluding carboxylic acids is 3. The predicted octanol–water partition coefficient (Wildman–Crippen LogP) is 2.72. The van der Waals surface area contributed by atoms with Crippen molar-refractivity contribution in [1.82, 2.24) is 4.90 Å². The first-order valence-electron chi connectivity index (χ1n) is 7.05. The Kier molecular flexibility index (Phi) is 4.24. The molecule has 1 saturated heterocycles. The molecule has 1 aliphatic rings. The van der Waals surface area contributed by atoms with Gasteiger partial charge in [0.05, 0.1) is 0 Å². The molecule has 0 aromatic heterocycles. The maximum absolute atomic E-state index is 13.1. The molecule has 7 heteroatoms. The van der Waals surface area contributed by atoms with Crippen LogP contribution in [0.3, 0.4) is 0 Å². The van der Waals surface area contributed by atoms with Gasteiger partial charge in [0.15, 0.2) is 6.04 Å². The average molecular weight is 329 g/mol. The Labute approximate surface area is 136 Å². The molecule has 0 bridgehead atoms. The van der Waals surface area contributed by atoms with Crippen LogP contribution in [-0.2, 0) is 19.1 Å². The van der Waals surface area contributed by atoms with Gasteiger partial charge in [-0.05, 0) is 17.7 Å². The summed E-state index contributed by atoms with van der Waals surface area (Å²) in [5.74, 6) is -1.30. The van der Waals surface area contributed by atoms with Gasteiger partial charge in [0.2, 0.25) is 6.23 Å². The number of hydrogen-bond acceptors (Lipinski definition) is 5. The van der Waals surface area contributed by atoms with Crippen molar-refractivity contribution < 1.29 is 28.2 Å². The van der Waals surface area contributed by atoms with E-state index in [0.29, 0.717) is 11.1 Å². The lowest BCUT2D eigenvalue weighted by atomic mass is 10.0. The number of nitrogens with zero attached hydrogens (tertiary/aromatic N) is 1. The van der Waals surface area contributed by atoms with E-state index in [9.17, 15) is 18.8 Å². The van der Waals surface area contributed by atoms with Crippen molar-refractivity contribution in [3.05, 3.63) is 71.5 Å². The lowest BCUT2D eigenvalue weighted by Gasteiger charge is -2.28. The van der Waals surface area contributed by atoms with E-state index < -0.39 is 30.1 Å². The van der Waals surface area contributed by atoms with E-state index in [1.54, 1.807) is 30.3 Å². The zero-order chi connectivity index (χ0) is 17.1. The van der Waals surface area contributed by atoms with Gasteiger partial charge < -0.3 is 9.47 Å². The summed E-state index contributed by atoms with van der Waals surface area (Å²) in [4.78, 5) is 36.1. The second kappa shape index (κ2) is 6.49. The molecule has 122 valence electrons. The molecule has 0 spiro atoms. The van der Waals surface area contributed by atoms with Crippen LogP contribution in [0.2, 0.25) is 0 Å². The summed E-state index contributed by atoms with van der Waals surface area (Å²) in [6, 6.07) is 12.4. The van der Waals surface area contributed by atoms with Crippen LogP contribution in [0.15, 0.2) is 54.6 Å². The first-order valence-corrected chi connectivity index (χ1v) is 7.05. The quantitative estimate of drug-likeness (QED) is 0.479. The van der Waals surface area contributed by atoms with E-state index in [1.165, 1.54) is 24.3 Å². The summed E-state index contributed by atoms with van der Waals surface area (Å²) < 4.78 is 22.8. The van der Waals surface area contributed by atoms with Crippen LogP contribution in [0.25, 0.3) is 0 Å². The summed E-state index contributed by atoms with van der Waals surface area (Å²) in [6.45, 7) is 0.190. The van der Waals surface area contributed by atoms with Crippen molar-refractivity contribution in [1.29, 1.82) is 0 Å². The van der Waals surface area contributed by atoms with Crippen molar-refractivity contribution in [3.63, 3.8) is 0 Å². The molecule has 0 saturated carbocycles. The number of hydrogen-bond donors (Lipinski definition) is 0. The highest BCUT2D eigenvalue weighted by Crippen LogP contribution is 2.37. The van der Waals surface area contributed by atoms with Gasteiger partial charge >= 0.3 is 12.1 Å². The monoisotopic (exact) mass is 329 g/mol. The molecule has 2 aromatic rings. The fraction of sp³-hybridized carbons (Fsp3) is 0.118. The minimum atomic E-state index is -1.14. The Morgan fingerprint density at radius 1 is 1.08 bits per heavy atom. The van der Waals surface area contributed by atoms with Crippen molar-refractivity contribution in [3.8, 4) is 0 Å². The summed E-state index contributed by atoms with van der Waals surface area (Å²) in [7, 11) is 0. The molecule has 24 heavy (non-hydrogen) atoms. The SMILES string of the molecule is O=COC(c1ccccc1)N1C(=O)OC(=O)C1c1ccc(F)cc1. The van der Waals surface area contributed by atoms with Crippen LogP contribution in [0.5, 0.6) is 0 Å². The van der Waals surface area contributed by atoms with Crippen molar-refractivity contribution >= 4 is 18.5 Å². The number of cyclic esters (lactones) is 2. The molecule has 0 radical (unpaired) electrons. The van der Waals surface area contributed by atoms with Crippen molar-refractivity contribution in [2.75, 3.05) is 0 Å². The molecule has 2 atom stereocenters. The van der Waals surface area contributed by atoms with Gasteiger partial charge in [-0.25, -0.2) is 18.9 Å².